The lowest BCUT2D eigenvalue weighted by atomic mass is 10.3. The number of anilines is 1. The maximum absolute atomic E-state index is 9.45. The van der Waals surface area contributed by atoms with E-state index in [0.717, 1.165) is 37.6 Å². The van der Waals surface area contributed by atoms with Crippen LogP contribution in [0.1, 0.15) is 0 Å². The Hall–Kier alpha value is -1.82. The molecule has 3 rings (SSSR count). The van der Waals surface area contributed by atoms with E-state index in [1.165, 1.54) is 0 Å². The van der Waals surface area contributed by atoms with Gasteiger partial charge >= 0.3 is 0 Å². The molecule has 0 unspecified atom stereocenters. The molecular weight excluding hydrogens is 206 g/mol. The molecule has 6 heteroatoms. The van der Waals surface area contributed by atoms with Gasteiger partial charge in [-0.05, 0) is 0 Å². The molecule has 1 aliphatic rings. The van der Waals surface area contributed by atoms with Crippen molar-refractivity contribution in [3.63, 3.8) is 0 Å². The second-order valence-electron chi connectivity index (χ2n) is 3.84. The van der Waals surface area contributed by atoms with Crippen LogP contribution in [0.3, 0.4) is 0 Å². The second-order valence-corrected chi connectivity index (χ2v) is 3.84. The molecule has 3 heterocycles. The Morgan fingerprint density at radius 1 is 1.31 bits per heavy atom. The molecule has 1 aliphatic heterocycles. The molecule has 2 aromatic heterocycles. The molecule has 1 saturated heterocycles. The van der Waals surface area contributed by atoms with Crippen molar-refractivity contribution in [1.29, 1.82) is 0 Å². The SMILES string of the molecule is Oc1[nH]cc2nc(N3CCNCC3)ncc12. The Labute approximate surface area is 92.3 Å². The number of nitrogens with one attached hydrogen (secondary N) is 2. The highest BCUT2D eigenvalue weighted by molar-refractivity contribution is 5.83. The molecule has 0 aromatic carbocycles. The Balaban J connectivity index is 1.97. The van der Waals surface area contributed by atoms with Gasteiger partial charge in [0.05, 0.1) is 10.9 Å². The van der Waals surface area contributed by atoms with E-state index in [0.29, 0.717) is 5.39 Å². The number of hydrogen-bond donors (Lipinski definition) is 3. The summed E-state index contributed by atoms with van der Waals surface area (Å²) in [5.74, 6) is 0.856. The largest absolute Gasteiger partial charge is 0.494 e. The molecule has 3 N–H and O–H groups in total. The molecule has 0 saturated carbocycles. The standard InChI is InChI=1S/C10H13N5O/c16-9-7-5-13-10(14-8(7)6-12-9)15-3-1-11-2-4-15/h5-6,11-12,16H,1-4H2. The summed E-state index contributed by atoms with van der Waals surface area (Å²) in [4.78, 5) is 13.6. The predicted octanol–water partition coefficient (Wildman–Crippen LogP) is 0.0731. The summed E-state index contributed by atoms with van der Waals surface area (Å²) in [5, 5.41) is 13.4. The average molecular weight is 219 g/mol. The van der Waals surface area contributed by atoms with E-state index in [4.69, 9.17) is 0 Å². The molecule has 0 radical (unpaired) electrons. The minimum Gasteiger partial charge on any atom is -0.494 e. The first-order chi connectivity index (χ1) is 7.84. The third-order valence-electron chi connectivity index (χ3n) is 2.81. The molecule has 6 nitrogen and oxygen atoms in total. The molecule has 0 bridgehead atoms. The molecule has 0 aliphatic carbocycles. The van der Waals surface area contributed by atoms with Gasteiger partial charge in [0.25, 0.3) is 0 Å². The number of aromatic hydroxyl groups is 1. The summed E-state index contributed by atoms with van der Waals surface area (Å²) in [5.41, 5.74) is 0.751. The Bertz CT molecular complexity index is 503. The Kier molecular flexibility index (Phi) is 2.14. The number of aromatic nitrogens is 3. The van der Waals surface area contributed by atoms with E-state index < -0.39 is 0 Å². The van der Waals surface area contributed by atoms with Crippen molar-refractivity contribution in [2.75, 3.05) is 31.1 Å². The van der Waals surface area contributed by atoms with Crippen molar-refractivity contribution >= 4 is 16.9 Å². The topological polar surface area (TPSA) is 77.1 Å². The summed E-state index contributed by atoms with van der Waals surface area (Å²) in [6.07, 6.45) is 3.35. The third-order valence-corrected chi connectivity index (χ3v) is 2.81. The molecular formula is C10H13N5O. The highest BCUT2D eigenvalue weighted by Crippen LogP contribution is 2.22. The predicted molar refractivity (Wildman–Crippen MR) is 60.6 cm³/mol. The quantitative estimate of drug-likeness (QED) is 0.633. The van der Waals surface area contributed by atoms with Crippen LogP contribution < -0.4 is 10.2 Å². The zero-order valence-corrected chi connectivity index (χ0v) is 8.77. The van der Waals surface area contributed by atoms with E-state index in [2.05, 4.69) is 25.2 Å². The van der Waals surface area contributed by atoms with Gasteiger partial charge < -0.3 is 20.3 Å². The van der Waals surface area contributed by atoms with Gasteiger partial charge in [0, 0.05) is 38.6 Å². The second kappa shape index (κ2) is 3.64. The maximum atomic E-state index is 9.45. The van der Waals surface area contributed by atoms with Gasteiger partial charge in [0.1, 0.15) is 0 Å². The van der Waals surface area contributed by atoms with Gasteiger partial charge in [-0.3, -0.25) is 0 Å². The fraction of sp³-hybridized carbons (Fsp3) is 0.400. The number of piperazine rings is 1. The minimum absolute atomic E-state index is 0.127. The molecule has 0 atom stereocenters. The van der Waals surface area contributed by atoms with E-state index in [1.54, 1.807) is 12.4 Å². The summed E-state index contributed by atoms with van der Waals surface area (Å²) in [7, 11) is 0. The fourth-order valence-electron chi connectivity index (χ4n) is 1.91. The molecule has 84 valence electrons. The number of aromatic amines is 1. The van der Waals surface area contributed by atoms with Crippen LogP contribution in [0, 0.1) is 0 Å². The molecule has 1 fully saturated rings. The first-order valence-electron chi connectivity index (χ1n) is 5.33. The van der Waals surface area contributed by atoms with Crippen LogP contribution in [-0.4, -0.2) is 46.2 Å². The van der Waals surface area contributed by atoms with Crippen LogP contribution in [0.4, 0.5) is 5.95 Å². The lowest BCUT2D eigenvalue weighted by Gasteiger charge is -2.27. The number of nitrogens with zero attached hydrogens (tertiary/aromatic N) is 3. The summed E-state index contributed by atoms with van der Waals surface area (Å²) < 4.78 is 0. The highest BCUT2D eigenvalue weighted by Gasteiger charge is 2.14. The lowest BCUT2D eigenvalue weighted by molar-refractivity contribution is 0.462. The molecule has 16 heavy (non-hydrogen) atoms. The van der Waals surface area contributed by atoms with Crippen molar-refractivity contribution in [2.24, 2.45) is 0 Å². The van der Waals surface area contributed by atoms with Crippen molar-refractivity contribution in [3.05, 3.63) is 12.4 Å². The monoisotopic (exact) mass is 219 g/mol. The van der Waals surface area contributed by atoms with Gasteiger partial charge in [-0.15, -0.1) is 0 Å². The van der Waals surface area contributed by atoms with E-state index >= 15 is 0 Å². The molecule has 0 spiro atoms. The summed E-state index contributed by atoms with van der Waals surface area (Å²) in [6, 6.07) is 0. The van der Waals surface area contributed by atoms with E-state index in [1.807, 2.05) is 0 Å². The molecule has 0 amide bonds. The van der Waals surface area contributed by atoms with Gasteiger partial charge in [0.15, 0.2) is 5.88 Å². The minimum atomic E-state index is 0.127. The Morgan fingerprint density at radius 2 is 2.12 bits per heavy atom. The summed E-state index contributed by atoms with van der Waals surface area (Å²) in [6.45, 7) is 3.75. The van der Waals surface area contributed by atoms with Crippen LogP contribution in [0.5, 0.6) is 5.88 Å². The van der Waals surface area contributed by atoms with Gasteiger partial charge in [-0.25, -0.2) is 9.97 Å². The van der Waals surface area contributed by atoms with Crippen LogP contribution in [0.25, 0.3) is 10.9 Å². The number of rotatable bonds is 1. The number of hydrogen-bond acceptors (Lipinski definition) is 5. The number of fused-ring (bicyclic) bond motifs is 1. The Morgan fingerprint density at radius 3 is 2.94 bits per heavy atom. The van der Waals surface area contributed by atoms with Gasteiger partial charge in [-0.1, -0.05) is 0 Å². The lowest BCUT2D eigenvalue weighted by Crippen LogP contribution is -2.44. The van der Waals surface area contributed by atoms with Crippen molar-refractivity contribution in [3.8, 4) is 5.88 Å². The summed E-state index contributed by atoms with van der Waals surface area (Å²) >= 11 is 0. The van der Waals surface area contributed by atoms with Crippen LogP contribution in [0.2, 0.25) is 0 Å². The average Bonchev–Trinajstić information content (AvgIpc) is 2.72. The van der Waals surface area contributed by atoms with Gasteiger partial charge in [0.2, 0.25) is 5.95 Å². The van der Waals surface area contributed by atoms with Gasteiger partial charge in [-0.2, -0.15) is 0 Å². The van der Waals surface area contributed by atoms with Crippen LogP contribution >= 0.6 is 0 Å². The van der Waals surface area contributed by atoms with Crippen LogP contribution in [0.15, 0.2) is 12.4 Å². The smallest absolute Gasteiger partial charge is 0.226 e. The van der Waals surface area contributed by atoms with Crippen molar-refractivity contribution in [1.82, 2.24) is 20.3 Å². The third kappa shape index (κ3) is 1.47. The first kappa shape index (κ1) is 9.41. The van der Waals surface area contributed by atoms with E-state index in [9.17, 15) is 5.11 Å². The molecule has 2 aromatic rings. The van der Waals surface area contributed by atoms with E-state index in [-0.39, 0.29) is 5.88 Å². The van der Waals surface area contributed by atoms with Crippen molar-refractivity contribution < 1.29 is 5.11 Å². The normalized spacial score (nSPS) is 16.9. The first-order valence-corrected chi connectivity index (χ1v) is 5.33. The fourth-order valence-corrected chi connectivity index (χ4v) is 1.91. The van der Waals surface area contributed by atoms with Crippen molar-refractivity contribution in [2.45, 2.75) is 0 Å². The zero-order valence-electron chi connectivity index (χ0n) is 8.77. The zero-order chi connectivity index (χ0) is 11.0. The number of H-pyrrole nitrogens is 1. The van der Waals surface area contributed by atoms with Crippen LogP contribution in [-0.2, 0) is 0 Å². The highest BCUT2D eigenvalue weighted by atomic mass is 16.3. The maximum Gasteiger partial charge on any atom is 0.226 e.